The molecule has 0 amide bonds. The highest BCUT2D eigenvalue weighted by atomic mass is 15.4. The van der Waals surface area contributed by atoms with E-state index in [1.807, 2.05) is 12.2 Å². The van der Waals surface area contributed by atoms with E-state index < -0.39 is 0 Å². The lowest BCUT2D eigenvalue weighted by atomic mass is 10.2. The third-order valence-electron chi connectivity index (χ3n) is 2.33. The van der Waals surface area contributed by atoms with Crippen molar-refractivity contribution in [3.8, 4) is 0 Å². The summed E-state index contributed by atoms with van der Waals surface area (Å²) in [7, 11) is 4.43. The molecule has 1 N–H and O–H groups in total. The average Bonchev–Trinajstić information content (AvgIpc) is 2.05. The fraction of sp³-hybridized carbons (Fsp3) is 0.636. The molecule has 1 atom stereocenters. The largest absolute Gasteiger partial charge is 0.310 e. The van der Waals surface area contributed by atoms with E-state index in [0.29, 0.717) is 6.17 Å². The third-order valence-corrected chi connectivity index (χ3v) is 2.33. The van der Waals surface area contributed by atoms with Gasteiger partial charge in [0.25, 0.3) is 0 Å². The number of hydrogen-bond donors (Lipinski definition) is 1. The molecule has 2 heteroatoms. The Balaban J connectivity index is 4.17. The quantitative estimate of drug-likeness (QED) is 0.360. The van der Waals surface area contributed by atoms with Crippen LogP contribution in [0.2, 0.25) is 0 Å². The molecule has 0 spiro atoms. The average molecular weight is 183 g/mol. The Hall–Kier alpha value is -0.600. The van der Waals surface area contributed by atoms with Crippen molar-refractivity contribution in [2.24, 2.45) is 0 Å². The monoisotopic (exact) mass is 183 g/mol. The van der Waals surface area contributed by atoms with E-state index in [1.54, 1.807) is 0 Å². The molecule has 0 aromatic carbocycles. The van der Waals surface area contributed by atoms with Crippen LogP contribution in [-0.2, 0) is 0 Å². The van der Waals surface area contributed by atoms with E-state index >= 15 is 0 Å². The number of hydrogen-bond acceptors (Lipinski definition) is 1. The van der Waals surface area contributed by atoms with Gasteiger partial charge < -0.3 is 4.48 Å². The summed E-state index contributed by atoms with van der Waals surface area (Å²) in [6, 6.07) is 0. The normalized spacial score (nSPS) is 13.8. The minimum atomic E-state index is 0.482. The molecule has 0 saturated carbocycles. The molecule has 2 nitrogen and oxygen atoms in total. The summed E-state index contributed by atoms with van der Waals surface area (Å²) in [6.07, 6.45) is 5.47. The van der Waals surface area contributed by atoms with Crippen LogP contribution in [0.4, 0.5) is 0 Å². The van der Waals surface area contributed by atoms with Crippen LogP contribution in [0.5, 0.6) is 0 Å². The molecule has 1 unspecified atom stereocenters. The van der Waals surface area contributed by atoms with Gasteiger partial charge in [0.1, 0.15) is 6.17 Å². The van der Waals surface area contributed by atoms with Crippen molar-refractivity contribution in [2.75, 3.05) is 27.2 Å². The van der Waals surface area contributed by atoms with Crippen molar-refractivity contribution in [3.63, 3.8) is 0 Å². The minimum Gasteiger partial charge on any atom is -0.310 e. The van der Waals surface area contributed by atoms with Gasteiger partial charge in [-0.1, -0.05) is 19.6 Å². The summed E-state index contributed by atoms with van der Waals surface area (Å²) < 4.78 is 0.938. The van der Waals surface area contributed by atoms with Gasteiger partial charge in [-0.05, 0) is 6.08 Å². The van der Waals surface area contributed by atoms with Gasteiger partial charge in [-0.2, -0.15) is 0 Å². The first-order chi connectivity index (χ1) is 6.08. The number of nitrogens with one attached hydrogen (secondary N) is 1. The van der Waals surface area contributed by atoms with Gasteiger partial charge in [0, 0.05) is 13.0 Å². The second-order valence-electron chi connectivity index (χ2n) is 3.87. The number of nitrogens with zero attached hydrogens (tertiary/aromatic N) is 1. The minimum absolute atomic E-state index is 0.482. The third kappa shape index (κ3) is 4.25. The molecule has 0 aliphatic heterocycles. The van der Waals surface area contributed by atoms with Gasteiger partial charge >= 0.3 is 0 Å². The molecule has 0 aromatic rings. The Kier molecular flexibility index (Phi) is 5.67. The Bertz CT molecular complexity index is 161. The highest BCUT2D eigenvalue weighted by Crippen LogP contribution is 2.07. The summed E-state index contributed by atoms with van der Waals surface area (Å²) in [4.78, 5) is 0. The topological polar surface area (TPSA) is 12.0 Å². The van der Waals surface area contributed by atoms with Crippen molar-refractivity contribution in [2.45, 2.75) is 19.5 Å². The molecular weight excluding hydrogens is 160 g/mol. The first-order valence-corrected chi connectivity index (χ1v) is 4.86. The molecule has 0 aliphatic rings. The second kappa shape index (κ2) is 5.95. The molecule has 0 fully saturated rings. The van der Waals surface area contributed by atoms with Crippen LogP contribution >= 0.6 is 0 Å². The smallest absolute Gasteiger partial charge is 0.142 e. The zero-order valence-electron chi connectivity index (χ0n) is 9.21. The Morgan fingerprint density at radius 2 is 1.92 bits per heavy atom. The van der Waals surface area contributed by atoms with Gasteiger partial charge in [-0.25, -0.2) is 0 Å². The van der Waals surface area contributed by atoms with Crippen LogP contribution in [0.3, 0.4) is 0 Å². The predicted molar refractivity (Wildman–Crippen MR) is 59.5 cm³/mol. The fourth-order valence-electron chi connectivity index (χ4n) is 1.57. The standard InChI is InChI=1S/C11H23N2/c1-6-9-12-11(8-3)13(4,5)10-7-2/h6-7,11-12H,1-2,8-10H2,3-5H3/q+1. The van der Waals surface area contributed by atoms with Crippen LogP contribution in [0.25, 0.3) is 0 Å². The fourth-order valence-corrected chi connectivity index (χ4v) is 1.57. The van der Waals surface area contributed by atoms with Gasteiger partial charge in [0.15, 0.2) is 0 Å². The van der Waals surface area contributed by atoms with Crippen LogP contribution in [0.1, 0.15) is 13.3 Å². The Labute approximate surface area is 82.5 Å². The van der Waals surface area contributed by atoms with Gasteiger partial charge in [0.05, 0.1) is 20.6 Å². The zero-order chi connectivity index (χ0) is 10.3. The van der Waals surface area contributed by atoms with E-state index in [9.17, 15) is 0 Å². The number of rotatable bonds is 7. The Morgan fingerprint density at radius 1 is 1.31 bits per heavy atom. The molecule has 0 saturated heterocycles. The first kappa shape index (κ1) is 12.4. The number of quaternary nitrogens is 1. The van der Waals surface area contributed by atoms with E-state index in [2.05, 4.69) is 39.5 Å². The maximum atomic E-state index is 3.78. The first-order valence-electron chi connectivity index (χ1n) is 4.86. The van der Waals surface area contributed by atoms with Crippen LogP contribution in [0.15, 0.2) is 25.3 Å². The van der Waals surface area contributed by atoms with E-state index in [1.165, 1.54) is 0 Å². The summed E-state index contributed by atoms with van der Waals surface area (Å²) in [5.41, 5.74) is 0. The second-order valence-corrected chi connectivity index (χ2v) is 3.87. The lowest BCUT2D eigenvalue weighted by Gasteiger charge is -2.37. The zero-order valence-corrected chi connectivity index (χ0v) is 9.21. The van der Waals surface area contributed by atoms with Crippen molar-refractivity contribution in [1.82, 2.24) is 5.32 Å². The van der Waals surface area contributed by atoms with Crippen molar-refractivity contribution in [3.05, 3.63) is 25.3 Å². The van der Waals surface area contributed by atoms with Crippen molar-refractivity contribution >= 4 is 0 Å². The van der Waals surface area contributed by atoms with Gasteiger partial charge in [-0.15, -0.1) is 6.58 Å². The molecular formula is C11H23N2+. The molecule has 13 heavy (non-hydrogen) atoms. The number of likely N-dealkylation sites (N-methyl/N-ethyl adjacent to an activating group) is 1. The predicted octanol–water partition coefficient (Wildman–Crippen LogP) is 1.76. The van der Waals surface area contributed by atoms with Crippen LogP contribution in [0, 0.1) is 0 Å². The van der Waals surface area contributed by atoms with E-state index in [4.69, 9.17) is 0 Å². The van der Waals surface area contributed by atoms with Crippen molar-refractivity contribution < 1.29 is 4.48 Å². The lowest BCUT2D eigenvalue weighted by molar-refractivity contribution is -0.913. The highest BCUT2D eigenvalue weighted by molar-refractivity contribution is 4.72. The molecule has 0 radical (unpaired) electrons. The van der Waals surface area contributed by atoms with E-state index in [-0.39, 0.29) is 0 Å². The molecule has 0 rings (SSSR count). The highest BCUT2D eigenvalue weighted by Gasteiger charge is 2.23. The van der Waals surface area contributed by atoms with Crippen molar-refractivity contribution in [1.29, 1.82) is 0 Å². The van der Waals surface area contributed by atoms with Crippen LogP contribution in [-0.4, -0.2) is 37.8 Å². The maximum Gasteiger partial charge on any atom is 0.142 e. The maximum absolute atomic E-state index is 3.78. The van der Waals surface area contributed by atoms with Crippen LogP contribution < -0.4 is 5.32 Å². The SMILES string of the molecule is C=CCNC(CC)[N+](C)(C)CC=C. The molecule has 0 aliphatic carbocycles. The lowest BCUT2D eigenvalue weighted by Crippen LogP contribution is -2.55. The summed E-state index contributed by atoms with van der Waals surface area (Å²) >= 11 is 0. The summed E-state index contributed by atoms with van der Waals surface area (Å²) in [5.74, 6) is 0. The molecule has 0 aromatic heterocycles. The van der Waals surface area contributed by atoms with Gasteiger partial charge in [-0.3, -0.25) is 5.32 Å². The summed E-state index contributed by atoms with van der Waals surface area (Å²) in [5, 5.41) is 3.45. The molecule has 76 valence electrons. The van der Waals surface area contributed by atoms with E-state index in [0.717, 1.165) is 24.0 Å². The Morgan fingerprint density at radius 3 is 2.31 bits per heavy atom. The molecule has 0 bridgehead atoms. The van der Waals surface area contributed by atoms with Gasteiger partial charge in [0.2, 0.25) is 0 Å². The molecule has 0 heterocycles. The summed E-state index contributed by atoms with van der Waals surface area (Å²) in [6.45, 7) is 11.5.